The van der Waals surface area contributed by atoms with Crippen molar-refractivity contribution in [3.05, 3.63) is 90.0 Å². The fourth-order valence-electron chi connectivity index (χ4n) is 5.21. The van der Waals surface area contributed by atoms with Crippen LogP contribution < -0.4 is 4.90 Å². The fraction of sp³-hybridized carbons (Fsp3) is 0.231. The second-order valence-corrected chi connectivity index (χ2v) is 8.45. The molecule has 6 heteroatoms. The quantitative estimate of drug-likeness (QED) is 0.704. The molecule has 2 aromatic carbocycles. The fourth-order valence-corrected chi connectivity index (χ4v) is 5.21. The van der Waals surface area contributed by atoms with Crippen molar-refractivity contribution in [2.45, 2.75) is 37.1 Å². The highest BCUT2D eigenvalue weighted by atomic mass is 16.2. The molecule has 2 aliphatic heterocycles. The molecule has 0 atom stereocenters. The van der Waals surface area contributed by atoms with Gasteiger partial charge in [-0.15, -0.1) is 0 Å². The Balaban J connectivity index is 1.45. The van der Waals surface area contributed by atoms with Crippen LogP contribution in [0.25, 0.3) is 0 Å². The van der Waals surface area contributed by atoms with Crippen LogP contribution >= 0.6 is 0 Å². The lowest BCUT2D eigenvalue weighted by Crippen LogP contribution is -2.45. The Hall–Kier alpha value is -3.80. The standard InChI is InChI=1S/C26H22N2O4/c29-22-10-11-23(30)27(22)20-8-6-19(7-9-20)26(18-4-2-1-3-5-18)16-14-21(15-17-26)28-24(31)12-13-25(28)32/h1-13,21H,14-17H2. The molecule has 5 rings (SSSR count). The van der Waals surface area contributed by atoms with Crippen LogP contribution in [0.2, 0.25) is 0 Å². The molecule has 6 nitrogen and oxygen atoms in total. The van der Waals surface area contributed by atoms with Crippen LogP contribution in [-0.2, 0) is 24.6 Å². The molecular formula is C26H22N2O4. The molecule has 0 N–H and O–H groups in total. The topological polar surface area (TPSA) is 74.8 Å². The molecule has 3 aliphatic rings. The maximum atomic E-state index is 12.2. The highest BCUT2D eigenvalue weighted by Crippen LogP contribution is 2.46. The van der Waals surface area contributed by atoms with E-state index in [1.54, 1.807) is 0 Å². The van der Waals surface area contributed by atoms with E-state index in [1.165, 1.54) is 34.8 Å². The van der Waals surface area contributed by atoms with Crippen LogP contribution in [0.3, 0.4) is 0 Å². The van der Waals surface area contributed by atoms with Crippen molar-refractivity contribution >= 4 is 29.3 Å². The first-order valence-corrected chi connectivity index (χ1v) is 10.8. The minimum absolute atomic E-state index is 0.105. The molecule has 0 aromatic heterocycles. The Morgan fingerprint density at radius 3 is 1.69 bits per heavy atom. The van der Waals surface area contributed by atoms with Crippen LogP contribution in [0, 0.1) is 0 Å². The van der Waals surface area contributed by atoms with Gasteiger partial charge in [0.1, 0.15) is 0 Å². The molecule has 1 aliphatic carbocycles. The van der Waals surface area contributed by atoms with Gasteiger partial charge < -0.3 is 0 Å². The summed E-state index contributed by atoms with van der Waals surface area (Å²) in [6.45, 7) is 0. The SMILES string of the molecule is O=C1C=CC(=O)N1c1ccc(C2(c3ccccc3)CCC(N3C(=O)C=CC3=O)CC2)cc1. The third kappa shape index (κ3) is 3.19. The summed E-state index contributed by atoms with van der Waals surface area (Å²) in [5.41, 5.74) is 2.55. The van der Waals surface area contributed by atoms with Gasteiger partial charge in [0, 0.05) is 35.8 Å². The van der Waals surface area contributed by atoms with Gasteiger partial charge in [0.15, 0.2) is 0 Å². The summed E-state index contributed by atoms with van der Waals surface area (Å²) in [5, 5.41) is 0. The van der Waals surface area contributed by atoms with Crippen molar-refractivity contribution in [3.63, 3.8) is 0 Å². The number of benzene rings is 2. The number of carbonyl (C=O) groups is 4. The zero-order valence-corrected chi connectivity index (χ0v) is 17.4. The van der Waals surface area contributed by atoms with E-state index in [0.717, 1.165) is 23.3 Å². The van der Waals surface area contributed by atoms with E-state index >= 15 is 0 Å². The van der Waals surface area contributed by atoms with E-state index in [0.29, 0.717) is 18.5 Å². The summed E-state index contributed by atoms with van der Waals surface area (Å²) in [7, 11) is 0. The van der Waals surface area contributed by atoms with Crippen LogP contribution in [0.1, 0.15) is 36.8 Å². The van der Waals surface area contributed by atoms with Crippen molar-refractivity contribution < 1.29 is 19.2 Å². The Bertz CT molecular complexity index is 1120. The number of carbonyl (C=O) groups excluding carboxylic acids is 4. The average molecular weight is 426 g/mol. The number of hydrogen-bond acceptors (Lipinski definition) is 4. The molecule has 0 saturated heterocycles. The second kappa shape index (κ2) is 7.71. The van der Waals surface area contributed by atoms with E-state index < -0.39 is 0 Å². The first kappa shape index (κ1) is 20.1. The molecule has 0 unspecified atom stereocenters. The van der Waals surface area contributed by atoms with Crippen molar-refractivity contribution in [2.75, 3.05) is 4.90 Å². The van der Waals surface area contributed by atoms with Gasteiger partial charge in [-0.25, -0.2) is 4.90 Å². The van der Waals surface area contributed by atoms with E-state index in [9.17, 15) is 19.2 Å². The highest BCUT2D eigenvalue weighted by Gasteiger charge is 2.42. The summed E-state index contributed by atoms with van der Waals surface area (Å²) < 4.78 is 0. The van der Waals surface area contributed by atoms with Gasteiger partial charge in [-0.1, -0.05) is 42.5 Å². The van der Waals surface area contributed by atoms with E-state index in [2.05, 4.69) is 12.1 Å². The molecule has 2 aromatic rings. The van der Waals surface area contributed by atoms with Crippen molar-refractivity contribution in [1.82, 2.24) is 4.90 Å². The summed E-state index contributed by atoms with van der Waals surface area (Å²) in [4.78, 5) is 50.9. The van der Waals surface area contributed by atoms with E-state index in [1.807, 2.05) is 42.5 Å². The van der Waals surface area contributed by atoms with Crippen molar-refractivity contribution in [1.29, 1.82) is 0 Å². The Morgan fingerprint density at radius 1 is 0.625 bits per heavy atom. The number of nitrogens with zero attached hydrogens (tertiary/aromatic N) is 2. The maximum absolute atomic E-state index is 12.2. The maximum Gasteiger partial charge on any atom is 0.258 e. The zero-order chi connectivity index (χ0) is 22.3. The molecule has 0 bridgehead atoms. The summed E-state index contributed by atoms with van der Waals surface area (Å²) in [6, 6.07) is 17.7. The van der Waals surface area contributed by atoms with E-state index in [-0.39, 0.29) is 35.1 Å². The van der Waals surface area contributed by atoms with Crippen molar-refractivity contribution in [2.24, 2.45) is 0 Å². The lowest BCUT2D eigenvalue weighted by atomic mass is 9.64. The molecule has 0 spiro atoms. The number of anilines is 1. The average Bonchev–Trinajstić information content (AvgIpc) is 3.34. The summed E-state index contributed by atoms with van der Waals surface area (Å²) in [5.74, 6) is -1.14. The van der Waals surface area contributed by atoms with Crippen LogP contribution in [0.15, 0.2) is 78.9 Å². The van der Waals surface area contributed by atoms with Crippen LogP contribution in [-0.4, -0.2) is 34.6 Å². The minimum atomic E-state index is -0.338. The number of hydrogen-bond donors (Lipinski definition) is 0. The normalized spacial score (nSPS) is 25.3. The third-order valence-electron chi connectivity index (χ3n) is 6.83. The van der Waals surface area contributed by atoms with Gasteiger partial charge in [0.2, 0.25) is 0 Å². The molecule has 160 valence electrons. The third-order valence-corrected chi connectivity index (χ3v) is 6.83. The largest absolute Gasteiger partial charge is 0.272 e. The smallest absolute Gasteiger partial charge is 0.258 e. The number of imide groups is 2. The molecular weight excluding hydrogens is 404 g/mol. The Kier molecular flexibility index (Phi) is 4.85. The van der Waals surface area contributed by atoms with Gasteiger partial charge in [0.05, 0.1) is 5.69 Å². The number of amides is 4. The van der Waals surface area contributed by atoms with Crippen molar-refractivity contribution in [3.8, 4) is 0 Å². The monoisotopic (exact) mass is 426 g/mol. The molecule has 1 saturated carbocycles. The second-order valence-electron chi connectivity index (χ2n) is 8.45. The Morgan fingerprint density at radius 2 is 1.12 bits per heavy atom. The van der Waals surface area contributed by atoms with Crippen LogP contribution in [0.5, 0.6) is 0 Å². The summed E-state index contributed by atoms with van der Waals surface area (Å²) in [6.07, 6.45) is 8.22. The Labute approximate surface area is 185 Å². The zero-order valence-electron chi connectivity index (χ0n) is 17.4. The van der Waals surface area contributed by atoms with Crippen LogP contribution in [0.4, 0.5) is 5.69 Å². The van der Waals surface area contributed by atoms with Gasteiger partial charge >= 0.3 is 0 Å². The number of rotatable bonds is 4. The first-order valence-electron chi connectivity index (χ1n) is 10.8. The molecule has 4 amide bonds. The van der Waals surface area contributed by atoms with E-state index in [4.69, 9.17) is 0 Å². The van der Waals surface area contributed by atoms with Gasteiger partial charge in [-0.3, -0.25) is 24.1 Å². The van der Waals surface area contributed by atoms with Gasteiger partial charge in [0.25, 0.3) is 23.6 Å². The predicted molar refractivity (Wildman–Crippen MR) is 119 cm³/mol. The molecule has 32 heavy (non-hydrogen) atoms. The molecule has 0 radical (unpaired) electrons. The first-order chi connectivity index (χ1) is 15.5. The summed E-state index contributed by atoms with van der Waals surface area (Å²) >= 11 is 0. The lowest BCUT2D eigenvalue weighted by Gasteiger charge is -2.43. The highest BCUT2D eigenvalue weighted by molar-refractivity contribution is 6.28. The molecule has 1 fully saturated rings. The van der Waals surface area contributed by atoms with Gasteiger partial charge in [-0.2, -0.15) is 0 Å². The van der Waals surface area contributed by atoms with Gasteiger partial charge in [-0.05, 0) is 48.9 Å². The predicted octanol–water partition coefficient (Wildman–Crippen LogP) is 3.27. The lowest BCUT2D eigenvalue weighted by molar-refractivity contribution is -0.140. The minimum Gasteiger partial charge on any atom is -0.272 e. The molecule has 2 heterocycles.